The number of aromatic nitrogens is 3. The van der Waals surface area contributed by atoms with Crippen LogP contribution in [0.5, 0.6) is 0 Å². The molecule has 0 aliphatic heterocycles. The molecule has 0 spiro atoms. The van der Waals surface area contributed by atoms with Gasteiger partial charge in [-0.25, -0.2) is 0 Å². The van der Waals surface area contributed by atoms with Crippen LogP contribution in [0.3, 0.4) is 0 Å². The van der Waals surface area contributed by atoms with Crippen LogP contribution in [-0.2, 0) is 6.42 Å². The van der Waals surface area contributed by atoms with E-state index in [1.165, 1.54) is 5.56 Å². The third-order valence-electron chi connectivity index (χ3n) is 3.28. The van der Waals surface area contributed by atoms with Crippen molar-refractivity contribution in [2.45, 2.75) is 52.5 Å². The van der Waals surface area contributed by atoms with Crippen molar-refractivity contribution in [1.29, 1.82) is 0 Å². The first-order valence-electron chi connectivity index (χ1n) is 7.57. The van der Waals surface area contributed by atoms with Gasteiger partial charge >= 0.3 is 0 Å². The highest BCUT2D eigenvalue weighted by molar-refractivity contribution is 5.29. The average Bonchev–Trinajstić information content (AvgIpc) is 2.40. The van der Waals surface area contributed by atoms with Crippen LogP contribution >= 0.6 is 0 Å². The molecule has 5 heteroatoms. The predicted molar refractivity (Wildman–Crippen MR) is 89.4 cm³/mol. The first-order chi connectivity index (χ1) is 10.2. The Balaban J connectivity index is 2.15. The maximum absolute atomic E-state index is 12.1. The number of anilines is 1. The number of H-pyrrole nitrogens is 1. The smallest absolute Gasteiger partial charge is 0.274 e. The van der Waals surface area contributed by atoms with Crippen molar-refractivity contribution in [2.75, 3.05) is 5.32 Å². The molecule has 0 unspecified atom stereocenters. The van der Waals surface area contributed by atoms with Crippen LogP contribution in [0, 0.1) is 0 Å². The molecular formula is C17H24N4O. The molecule has 2 N–H and O–H groups in total. The lowest BCUT2D eigenvalue weighted by molar-refractivity contribution is 0.620. The highest BCUT2D eigenvalue weighted by Gasteiger charge is 2.12. The molecule has 1 heterocycles. The Bertz CT molecular complexity index is 681. The van der Waals surface area contributed by atoms with Gasteiger partial charge in [-0.1, -0.05) is 38.1 Å². The molecule has 5 nitrogen and oxygen atoms in total. The summed E-state index contributed by atoms with van der Waals surface area (Å²) < 4.78 is 0. The van der Waals surface area contributed by atoms with Gasteiger partial charge in [0.1, 0.15) is 5.69 Å². The second-order valence-electron chi connectivity index (χ2n) is 6.90. The summed E-state index contributed by atoms with van der Waals surface area (Å²) in [5, 5.41) is 11.2. The van der Waals surface area contributed by atoms with Gasteiger partial charge in [0.15, 0.2) is 0 Å². The van der Waals surface area contributed by atoms with E-state index in [0.29, 0.717) is 24.0 Å². The van der Waals surface area contributed by atoms with Gasteiger partial charge in [0.25, 0.3) is 5.56 Å². The van der Waals surface area contributed by atoms with Crippen LogP contribution < -0.4 is 10.9 Å². The summed E-state index contributed by atoms with van der Waals surface area (Å²) in [6, 6.07) is 8.27. The quantitative estimate of drug-likeness (QED) is 0.910. The molecule has 22 heavy (non-hydrogen) atoms. The number of benzene rings is 1. The van der Waals surface area contributed by atoms with Gasteiger partial charge in [0.2, 0.25) is 5.95 Å². The molecule has 2 aromatic rings. The number of rotatable bonds is 4. The number of hydrogen-bond donors (Lipinski definition) is 2. The molecule has 2 rings (SSSR count). The van der Waals surface area contributed by atoms with Gasteiger partial charge in [0.05, 0.1) is 0 Å². The fourth-order valence-electron chi connectivity index (χ4n) is 2.10. The fraction of sp³-hybridized carbons (Fsp3) is 0.471. The van der Waals surface area contributed by atoms with E-state index >= 15 is 0 Å². The molecule has 0 radical (unpaired) electrons. The van der Waals surface area contributed by atoms with E-state index in [-0.39, 0.29) is 11.1 Å². The van der Waals surface area contributed by atoms with Crippen molar-refractivity contribution in [2.24, 2.45) is 0 Å². The maximum atomic E-state index is 12.1. The van der Waals surface area contributed by atoms with Gasteiger partial charge in [-0.3, -0.25) is 9.78 Å². The summed E-state index contributed by atoms with van der Waals surface area (Å²) >= 11 is 0. The van der Waals surface area contributed by atoms with Gasteiger partial charge in [0, 0.05) is 12.0 Å². The topological polar surface area (TPSA) is 70.7 Å². The van der Waals surface area contributed by atoms with Crippen molar-refractivity contribution in [3.63, 3.8) is 0 Å². The zero-order valence-electron chi connectivity index (χ0n) is 13.9. The zero-order chi connectivity index (χ0) is 16.3. The average molecular weight is 300 g/mol. The molecule has 0 saturated heterocycles. The van der Waals surface area contributed by atoms with Gasteiger partial charge in [-0.2, -0.15) is 0 Å². The van der Waals surface area contributed by atoms with Crippen LogP contribution in [0.2, 0.25) is 0 Å². The molecule has 1 aromatic carbocycles. The normalized spacial score (nSPS) is 11.7. The van der Waals surface area contributed by atoms with Crippen LogP contribution in [0.25, 0.3) is 0 Å². The van der Waals surface area contributed by atoms with Crippen molar-refractivity contribution in [3.8, 4) is 0 Å². The number of nitrogens with one attached hydrogen (secondary N) is 2. The second-order valence-corrected chi connectivity index (χ2v) is 6.90. The Morgan fingerprint density at radius 1 is 1.14 bits per heavy atom. The van der Waals surface area contributed by atoms with E-state index in [4.69, 9.17) is 0 Å². The van der Waals surface area contributed by atoms with E-state index in [9.17, 15) is 4.79 Å². The van der Waals surface area contributed by atoms with Crippen molar-refractivity contribution >= 4 is 5.95 Å². The van der Waals surface area contributed by atoms with Crippen molar-refractivity contribution in [1.82, 2.24) is 15.2 Å². The molecule has 0 amide bonds. The second kappa shape index (κ2) is 6.30. The minimum atomic E-state index is -0.199. The van der Waals surface area contributed by atoms with Gasteiger partial charge in [-0.05, 0) is 37.8 Å². The fourth-order valence-corrected chi connectivity index (χ4v) is 2.10. The molecule has 0 fully saturated rings. The standard InChI is InChI=1S/C17H24N4O/c1-11(2)13-8-6-12(7-9-13)10-14-15(22)18-16(21-20-14)19-17(3,4)5/h6-9,11H,10H2,1-5H3,(H2,18,19,21,22). The summed E-state index contributed by atoms with van der Waals surface area (Å²) in [6.07, 6.45) is 0.483. The number of aromatic amines is 1. The molecule has 118 valence electrons. The maximum Gasteiger partial charge on any atom is 0.274 e. The Kier molecular flexibility index (Phi) is 4.64. The first kappa shape index (κ1) is 16.2. The molecule has 0 aliphatic rings. The lowest BCUT2D eigenvalue weighted by Gasteiger charge is -2.20. The Hall–Kier alpha value is -2.17. The molecule has 0 atom stereocenters. The summed E-state index contributed by atoms with van der Waals surface area (Å²) in [7, 11) is 0. The van der Waals surface area contributed by atoms with Crippen molar-refractivity contribution in [3.05, 3.63) is 51.4 Å². The monoisotopic (exact) mass is 300 g/mol. The Morgan fingerprint density at radius 2 is 1.77 bits per heavy atom. The largest absolute Gasteiger partial charge is 0.350 e. The SMILES string of the molecule is CC(C)c1ccc(Cc2nnc(NC(C)(C)C)[nH]c2=O)cc1. The molecule has 0 aliphatic carbocycles. The van der Waals surface area contributed by atoms with E-state index in [0.717, 1.165) is 5.56 Å². The Morgan fingerprint density at radius 3 is 2.27 bits per heavy atom. The van der Waals surface area contributed by atoms with E-state index in [2.05, 4.69) is 46.5 Å². The highest BCUT2D eigenvalue weighted by Crippen LogP contribution is 2.15. The first-order valence-corrected chi connectivity index (χ1v) is 7.57. The number of hydrogen-bond acceptors (Lipinski definition) is 4. The Labute approximate surface area is 131 Å². The zero-order valence-corrected chi connectivity index (χ0v) is 13.9. The molecule has 0 saturated carbocycles. The van der Waals surface area contributed by atoms with E-state index in [1.54, 1.807) is 0 Å². The van der Waals surface area contributed by atoms with Gasteiger partial charge in [-0.15, -0.1) is 10.2 Å². The molecular weight excluding hydrogens is 276 g/mol. The van der Waals surface area contributed by atoms with E-state index in [1.807, 2.05) is 32.9 Å². The molecule has 1 aromatic heterocycles. The van der Waals surface area contributed by atoms with E-state index < -0.39 is 0 Å². The third-order valence-corrected chi connectivity index (χ3v) is 3.28. The third kappa shape index (κ3) is 4.41. The highest BCUT2D eigenvalue weighted by atomic mass is 16.1. The minimum absolute atomic E-state index is 0.175. The summed E-state index contributed by atoms with van der Waals surface area (Å²) in [5.41, 5.74) is 2.40. The van der Waals surface area contributed by atoms with Crippen LogP contribution in [0.4, 0.5) is 5.95 Å². The summed E-state index contributed by atoms with van der Waals surface area (Å²) in [5.74, 6) is 0.899. The lowest BCUT2D eigenvalue weighted by Crippen LogP contribution is -2.30. The van der Waals surface area contributed by atoms with Gasteiger partial charge < -0.3 is 5.32 Å². The summed E-state index contributed by atoms with van der Waals surface area (Å²) in [6.45, 7) is 10.3. The van der Waals surface area contributed by atoms with Crippen LogP contribution in [-0.4, -0.2) is 20.7 Å². The lowest BCUT2D eigenvalue weighted by atomic mass is 10.0. The summed E-state index contributed by atoms with van der Waals surface area (Å²) in [4.78, 5) is 14.8. The van der Waals surface area contributed by atoms with Crippen LogP contribution in [0.15, 0.2) is 29.1 Å². The molecule has 0 bridgehead atoms. The van der Waals surface area contributed by atoms with Crippen LogP contribution in [0.1, 0.15) is 57.4 Å². The van der Waals surface area contributed by atoms with Crippen molar-refractivity contribution < 1.29 is 0 Å². The predicted octanol–water partition coefficient (Wildman–Crippen LogP) is 3.09. The number of nitrogens with zero attached hydrogens (tertiary/aromatic N) is 2. The minimum Gasteiger partial charge on any atom is -0.350 e.